The Bertz CT molecular complexity index is 1580. The highest BCUT2D eigenvalue weighted by Gasteiger charge is 2.36. The van der Waals surface area contributed by atoms with E-state index in [1.54, 1.807) is 19.6 Å². The predicted molar refractivity (Wildman–Crippen MR) is 179 cm³/mol. The largest absolute Gasteiger partial charge is 0.495 e. The smallest absolute Gasteiger partial charge is 0.407 e. The summed E-state index contributed by atoms with van der Waals surface area (Å²) in [6.07, 6.45) is 12.5. The van der Waals surface area contributed by atoms with Gasteiger partial charge in [-0.1, -0.05) is 0 Å². The number of carbonyl (C=O) groups is 2. The highest BCUT2D eigenvalue weighted by molar-refractivity contribution is 5.94. The van der Waals surface area contributed by atoms with Crippen molar-refractivity contribution in [3.63, 3.8) is 0 Å². The SMILES string of the molecule is COc1ccc(C2CCC(CN(C(=O)C3CCC(OC(=O)NC4CC(O)C4)CC3)c3cc(-c4coc(C5CC5)n4)ccn3)CC2)nc1C. The number of methoxy groups -OCH3 is 1. The fourth-order valence-corrected chi connectivity index (χ4v) is 7.58. The van der Waals surface area contributed by atoms with Crippen molar-refractivity contribution in [3.05, 3.63) is 54.0 Å². The number of carbonyl (C=O) groups excluding carboxylic acids is 2. The van der Waals surface area contributed by atoms with Crippen molar-refractivity contribution in [2.45, 2.75) is 114 Å². The van der Waals surface area contributed by atoms with Gasteiger partial charge in [-0.2, -0.15) is 0 Å². The van der Waals surface area contributed by atoms with Gasteiger partial charge in [-0.25, -0.2) is 14.8 Å². The zero-order valence-electron chi connectivity index (χ0n) is 28.0. The first-order valence-electron chi connectivity index (χ1n) is 17.7. The zero-order chi connectivity index (χ0) is 33.2. The molecule has 11 heteroatoms. The Hall–Kier alpha value is -3.99. The molecule has 0 radical (unpaired) electrons. The predicted octanol–water partition coefficient (Wildman–Crippen LogP) is 6.44. The van der Waals surface area contributed by atoms with Crippen molar-refractivity contribution in [2.24, 2.45) is 11.8 Å². The van der Waals surface area contributed by atoms with E-state index in [2.05, 4.69) is 11.4 Å². The topological polar surface area (TPSA) is 140 Å². The fraction of sp³-hybridized carbons (Fsp3) is 0.595. The van der Waals surface area contributed by atoms with Gasteiger partial charge in [-0.15, -0.1) is 0 Å². The van der Waals surface area contributed by atoms with E-state index in [0.29, 0.717) is 68.6 Å². The number of aliphatic hydroxyl groups excluding tert-OH is 1. The van der Waals surface area contributed by atoms with Crippen LogP contribution in [0.3, 0.4) is 0 Å². The molecule has 11 nitrogen and oxygen atoms in total. The summed E-state index contributed by atoms with van der Waals surface area (Å²) in [5, 5.41) is 12.3. The highest BCUT2D eigenvalue weighted by atomic mass is 16.6. The lowest BCUT2D eigenvalue weighted by molar-refractivity contribution is -0.124. The van der Waals surface area contributed by atoms with Crippen molar-refractivity contribution in [1.82, 2.24) is 20.3 Å². The Kier molecular flexibility index (Phi) is 9.66. The summed E-state index contributed by atoms with van der Waals surface area (Å²) in [7, 11) is 1.67. The lowest BCUT2D eigenvalue weighted by Crippen LogP contribution is -2.48. The van der Waals surface area contributed by atoms with E-state index < -0.39 is 6.09 Å². The van der Waals surface area contributed by atoms with Gasteiger partial charge in [0.1, 0.15) is 29.6 Å². The van der Waals surface area contributed by atoms with Crippen LogP contribution in [-0.4, -0.2) is 64.0 Å². The number of aromatic nitrogens is 3. The van der Waals surface area contributed by atoms with Gasteiger partial charge >= 0.3 is 6.09 Å². The third-order valence-corrected chi connectivity index (χ3v) is 10.7. The van der Waals surface area contributed by atoms with Crippen LogP contribution in [0.5, 0.6) is 5.75 Å². The standard InChI is InChI=1S/C37H47N5O6/c1-22-33(46-2)14-13-31(39-22)24-5-3-23(4-6-24)20-42(34-17-27(15-16-38-34)32-21-47-35(41-32)25-7-8-25)36(44)26-9-11-30(12-10-26)48-37(45)40-28-18-29(43)19-28/h13-17,21,23-26,28-30,43H,3-12,18-20H2,1-2H3,(H,40,45). The Labute approximate surface area is 281 Å². The molecule has 0 aromatic carbocycles. The van der Waals surface area contributed by atoms with Crippen LogP contribution < -0.4 is 15.0 Å². The highest BCUT2D eigenvalue weighted by Crippen LogP contribution is 2.41. The maximum absolute atomic E-state index is 14.3. The Balaban J connectivity index is 1.02. The van der Waals surface area contributed by atoms with E-state index in [0.717, 1.165) is 72.8 Å². The minimum absolute atomic E-state index is 0.0218. The van der Waals surface area contributed by atoms with Crippen LogP contribution in [0.2, 0.25) is 0 Å². The van der Waals surface area contributed by atoms with Crippen molar-refractivity contribution in [2.75, 3.05) is 18.6 Å². The minimum atomic E-state index is -0.433. The molecule has 0 aliphatic heterocycles. The van der Waals surface area contributed by atoms with Crippen LogP contribution >= 0.6 is 0 Å². The molecule has 48 heavy (non-hydrogen) atoms. The molecular formula is C37H47N5O6. The average molecular weight is 658 g/mol. The van der Waals surface area contributed by atoms with Crippen LogP contribution in [0, 0.1) is 18.8 Å². The Morgan fingerprint density at radius 3 is 2.42 bits per heavy atom. The van der Waals surface area contributed by atoms with Gasteiger partial charge in [0, 0.05) is 47.8 Å². The summed E-state index contributed by atoms with van der Waals surface area (Å²) in [5.41, 5.74) is 3.68. The van der Waals surface area contributed by atoms with Gasteiger partial charge in [0.25, 0.3) is 0 Å². The van der Waals surface area contributed by atoms with Crippen molar-refractivity contribution in [1.29, 1.82) is 0 Å². The van der Waals surface area contributed by atoms with Gasteiger partial charge < -0.3 is 24.3 Å². The maximum Gasteiger partial charge on any atom is 0.407 e. The number of alkyl carbamates (subject to hydrolysis) is 1. The third-order valence-electron chi connectivity index (χ3n) is 10.7. The van der Waals surface area contributed by atoms with E-state index in [1.165, 1.54) is 0 Å². The molecule has 4 aliphatic rings. The van der Waals surface area contributed by atoms with Crippen LogP contribution in [-0.2, 0) is 9.53 Å². The van der Waals surface area contributed by atoms with Gasteiger partial charge in [-0.3, -0.25) is 14.7 Å². The summed E-state index contributed by atoms with van der Waals surface area (Å²) in [6, 6.07) is 7.97. The molecule has 0 unspecified atom stereocenters. The van der Waals surface area contributed by atoms with E-state index >= 15 is 0 Å². The number of pyridine rings is 2. The molecule has 0 atom stereocenters. The van der Waals surface area contributed by atoms with E-state index in [1.807, 2.05) is 30.0 Å². The lowest BCUT2D eigenvalue weighted by Gasteiger charge is -2.36. The number of hydrogen-bond donors (Lipinski definition) is 2. The molecule has 2 N–H and O–H groups in total. The lowest BCUT2D eigenvalue weighted by atomic mass is 9.79. The van der Waals surface area contributed by atoms with E-state index in [-0.39, 0.29) is 30.1 Å². The molecule has 4 aliphatic carbocycles. The number of amides is 2. The summed E-state index contributed by atoms with van der Waals surface area (Å²) < 4.78 is 16.9. The van der Waals surface area contributed by atoms with Crippen LogP contribution in [0.4, 0.5) is 10.6 Å². The molecule has 2 amide bonds. The second-order valence-corrected chi connectivity index (χ2v) is 14.3. The first-order chi connectivity index (χ1) is 23.3. The number of aryl methyl sites for hydroxylation is 1. The molecule has 0 saturated heterocycles. The van der Waals surface area contributed by atoms with Gasteiger partial charge in [0.2, 0.25) is 5.91 Å². The fourth-order valence-electron chi connectivity index (χ4n) is 7.58. The molecule has 0 spiro atoms. The molecular weight excluding hydrogens is 610 g/mol. The molecule has 4 saturated carbocycles. The first-order valence-corrected chi connectivity index (χ1v) is 17.7. The number of ether oxygens (including phenoxy) is 2. The Morgan fingerprint density at radius 1 is 0.979 bits per heavy atom. The second-order valence-electron chi connectivity index (χ2n) is 14.3. The maximum atomic E-state index is 14.3. The van der Waals surface area contributed by atoms with E-state index in [9.17, 15) is 14.7 Å². The van der Waals surface area contributed by atoms with Crippen molar-refractivity contribution >= 4 is 17.8 Å². The molecule has 4 fully saturated rings. The molecule has 3 aromatic rings. The van der Waals surface area contributed by atoms with Gasteiger partial charge in [-0.05, 0) is 114 Å². The molecule has 256 valence electrons. The number of oxazole rings is 1. The molecule has 3 heterocycles. The van der Waals surface area contributed by atoms with Crippen molar-refractivity contribution < 1.29 is 28.6 Å². The summed E-state index contributed by atoms with van der Waals surface area (Å²) in [4.78, 5) is 42.9. The molecule has 0 bridgehead atoms. The van der Waals surface area contributed by atoms with Crippen LogP contribution in [0.15, 0.2) is 41.1 Å². The number of nitrogens with zero attached hydrogens (tertiary/aromatic N) is 4. The number of rotatable bonds is 10. The number of anilines is 1. The number of hydrogen-bond acceptors (Lipinski definition) is 9. The average Bonchev–Trinajstić information content (AvgIpc) is 3.82. The monoisotopic (exact) mass is 657 g/mol. The quantitative estimate of drug-likeness (QED) is 0.252. The zero-order valence-corrected chi connectivity index (χ0v) is 28.0. The van der Waals surface area contributed by atoms with Crippen LogP contribution in [0.25, 0.3) is 11.3 Å². The number of nitrogens with one attached hydrogen (secondary N) is 1. The normalized spacial score (nSPS) is 27.1. The Morgan fingerprint density at radius 2 is 1.73 bits per heavy atom. The summed E-state index contributed by atoms with van der Waals surface area (Å²) >= 11 is 0. The first kappa shape index (κ1) is 32.6. The third kappa shape index (κ3) is 7.51. The summed E-state index contributed by atoms with van der Waals surface area (Å²) in [6.45, 7) is 2.59. The van der Waals surface area contributed by atoms with Crippen LogP contribution in [0.1, 0.15) is 106 Å². The second kappa shape index (κ2) is 14.2. The van der Waals surface area contributed by atoms with Crippen molar-refractivity contribution in [3.8, 4) is 17.0 Å². The minimum Gasteiger partial charge on any atom is -0.495 e. The van der Waals surface area contributed by atoms with Gasteiger partial charge in [0.05, 0.1) is 18.9 Å². The summed E-state index contributed by atoms with van der Waals surface area (Å²) in [5.74, 6) is 3.31. The van der Waals surface area contributed by atoms with E-state index in [4.69, 9.17) is 28.8 Å². The number of aliphatic hydroxyl groups is 1. The molecule has 7 rings (SSSR count). The molecule has 3 aromatic heterocycles. The van der Waals surface area contributed by atoms with Gasteiger partial charge in [0.15, 0.2) is 5.89 Å².